The van der Waals surface area contributed by atoms with E-state index in [0.29, 0.717) is 6.54 Å². The van der Waals surface area contributed by atoms with E-state index in [4.69, 9.17) is 11.6 Å². The number of carbonyl (C=O) groups excluding carboxylic acids is 1. The number of halogens is 1. The maximum atomic E-state index is 11.9. The Kier molecular flexibility index (Phi) is 5.27. The van der Waals surface area contributed by atoms with Crippen LogP contribution in [0.25, 0.3) is 0 Å². The van der Waals surface area contributed by atoms with Gasteiger partial charge in [-0.3, -0.25) is 4.79 Å². The molecular formula is C11H20ClNOS. The maximum Gasteiger partial charge on any atom is 0.235 e. The van der Waals surface area contributed by atoms with Gasteiger partial charge in [0.15, 0.2) is 0 Å². The lowest BCUT2D eigenvalue weighted by molar-refractivity contribution is -0.123. The second-order valence-electron chi connectivity index (χ2n) is 4.28. The Morgan fingerprint density at radius 3 is 2.93 bits per heavy atom. The van der Waals surface area contributed by atoms with Crippen LogP contribution in [0.4, 0.5) is 0 Å². The molecule has 0 radical (unpaired) electrons. The van der Waals surface area contributed by atoms with Crippen LogP contribution in [0.3, 0.4) is 0 Å². The molecule has 15 heavy (non-hydrogen) atoms. The van der Waals surface area contributed by atoms with Gasteiger partial charge in [-0.25, -0.2) is 0 Å². The lowest BCUT2D eigenvalue weighted by atomic mass is 10.0. The minimum atomic E-state index is -0.206. The van der Waals surface area contributed by atoms with E-state index in [0.717, 1.165) is 31.4 Å². The molecule has 1 fully saturated rings. The van der Waals surface area contributed by atoms with Crippen LogP contribution in [-0.2, 0) is 4.79 Å². The van der Waals surface area contributed by atoms with Gasteiger partial charge < -0.3 is 5.32 Å². The number of hydrogen-bond donors (Lipinski definition) is 1. The number of nitrogens with one attached hydrogen (secondary N) is 1. The maximum absolute atomic E-state index is 11.9. The van der Waals surface area contributed by atoms with Crippen LogP contribution in [0.5, 0.6) is 0 Å². The molecule has 0 aliphatic carbocycles. The van der Waals surface area contributed by atoms with Crippen LogP contribution < -0.4 is 5.32 Å². The molecule has 1 saturated heterocycles. The van der Waals surface area contributed by atoms with E-state index in [1.54, 1.807) is 11.8 Å². The van der Waals surface area contributed by atoms with E-state index >= 15 is 0 Å². The highest BCUT2D eigenvalue weighted by molar-refractivity contribution is 8.01. The molecule has 2 nitrogen and oxygen atoms in total. The van der Waals surface area contributed by atoms with Crippen LogP contribution >= 0.6 is 23.4 Å². The summed E-state index contributed by atoms with van der Waals surface area (Å²) in [6, 6.07) is 0. The molecule has 0 saturated carbocycles. The summed E-state index contributed by atoms with van der Waals surface area (Å²) in [5.41, 5.74) is 0. The largest absolute Gasteiger partial charge is 0.353 e. The van der Waals surface area contributed by atoms with Gasteiger partial charge in [0.1, 0.15) is 0 Å². The summed E-state index contributed by atoms with van der Waals surface area (Å²) >= 11 is 7.82. The van der Waals surface area contributed by atoms with Gasteiger partial charge >= 0.3 is 0 Å². The first-order valence-corrected chi connectivity index (χ1v) is 7.07. The molecule has 1 aliphatic rings. The fourth-order valence-corrected chi connectivity index (χ4v) is 3.29. The van der Waals surface area contributed by atoms with Crippen molar-refractivity contribution in [2.75, 3.05) is 12.3 Å². The molecule has 1 N–H and O–H groups in total. The predicted octanol–water partition coefficient (Wildman–Crippen LogP) is 2.80. The molecule has 2 unspecified atom stereocenters. The molecule has 1 amide bonds. The Balaban J connectivity index is 2.29. The summed E-state index contributed by atoms with van der Waals surface area (Å²) in [5.74, 6) is 1.26. The van der Waals surface area contributed by atoms with E-state index in [9.17, 15) is 4.79 Å². The summed E-state index contributed by atoms with van der Waals surface area (Å²) in [7, 11) is 0. The highest BCUT2D eigenvalue weighted by Crippen LogP contribution is 2.37. The van der Waals surface area contributed by atoms with Gasteiger partial charge in [-0.1, -0.05) is 13.3 Å². The van der Waals surface area contributed by atoms with Gasteiger partial charge in [0.2, 0.25) is 5.91 Å². The monoisotopic (exact) mass is 249 g/mol. The fourth-order valence-electron chi connectivity index (χ4n) is 1.76. The lowest BCUT2D eigenvalue weighted by Gasteiger charge is -2.22. The van der Waals surface area contributed by atoms with E-state index in [1.165, 1.54) is 0 Å². The zero-order valence-corrected chi connectivity index (χ0v) is 11.1. The van der Waals surface area contributed by atoms with Crippen molar-refractivity contribution in [1.82, 2.24) is 5.32 Å². The highest BCUT2D eigenvalue weighted by atomic mass is 35.5. The summed E-state index contributed by atoms with van der Waals surface area (Å²) < 4.78 is -0.206. The Morgan fingerprint density at radius 1 is 1.67 bits per heavy atom. The van der Waals surface area contributed by atoms with Crippen LogP contribution in [0.1, 0.15) is 39.5 Å². The van der Waals surface area contributed by atoms with Crippen molar-refractivity contribution in [3.63, 3.8) is 0 Å². The van der Waals surface area contributed by atoms with Crippen molar-refractivity contribution in [3.05, 3.63) is 0 Å². The van der Waals surface area contributed by atoms with E-state index in [1.807, 2.05) is 6.92 Å². The number of carbonyl (C=O) groups is 1. The van der Waals surface area contributed by atoms with Gasteiger partial charge in [-0.15, -0.1) is 23.4 Å². The molecule has 88 valence electrons. The number of thioether (sulfide) groups is 1. The van der Waals surface area contributed by atoms with Crippen molar-refractivity contribution in [2.24, 2.45) is 0 Å². The number of rotatable bonds is 5. The minimum Gasteiger partial charge on any atom is -0.353 e. The standard InChI is InChI=1S/C11H20ClNOS/c1-3-5-9(12)8-13-10(14)11(2)6-4-7-15-11/h9H,3-8H2,1-2H3,(H,13,14). The lowest BCUT2D eigenvalue weighted by Crippen LogP contribution is -2.42. The zero-order chi connectivity index (χ0) is 11.3. The molecule has 0 aromatic carbocycles. The molecule has 0 aromatic heterocycles. The second kappa shape index (κ2) is 6.00. The molecule has 0 bridgehead atoms. The first kappa shape index (κ1) is 13.2. The van der Waals surface area contributed by atoms with Crippen molar-refractivity contribution in [1.29, 1.82) is 0 Å². The van der Waals surface area contributed by atoms with Crippen molar-refractivity contribution < 1.29 is 4.79 Å². The Bertz CT molecular complexity index is 217. The highest BCUT2D eigenvalue weighted by Gasteiger charge is 2.36. The van der Waals surface area contributed by atoms with Crippen molar-refractivity contribution >= 4 is 29.3 Å². The topological polar surface area (TPSA) is 29.1 Å². The third-order valence-electron chi connectivity index (χ3n) is 2.79. The molecule has 0 aromatic rings. The number of hydrogen-bond acceptors (Lipinski definition) is 2. The van der Waals surface area contributed by atoms with Crippen LogP contribution in [0.15, 0.2) is 0 Å². The second-order valence-corrected chi connectivity index (χ2v) is 6.49. The third-order valence-corrected chi connectivity index (χ3v) is 4.68. The Hall–Kier alpha value is 0.110. The molecule has 4 heteroatoms. The van der Waals surface area contributed by atoms with E-state index in [-0.39, 0.29) is 16.0 Å². The summed E-state index contributed by atoms with van der Waals surface area (Å²) in [6.07, 6.45) is 4.17. The normalized spacial score (nSPS) is 27.7. The summed E-state index contributed by atoms with van der Waals surface area (Å²) in [5, 5.41) is 3.04. The van der Waals surface area contributed by atoms with Gasteiger partial charge in [-0.05, 0) is 31.9 Å². The smallest absolute Gasteiger partial charge is 0.235 e. The van der Waals surface area contributed by atoms with Crippen LogP contribution in [0.2, 0.25) is 0 Å². The average Bonchev–Trinajstić information content (AvgIpc) is 2.63. The third kappa shape index (κ3) is 3.87. The first-order chi connectivity index (χ1) is 7.08. The molecule has 1 rings (SSSR count). The Labute approximate surface area is 102 Å². The van der Waals surface area contributed by atoms with Crippen LogP contribution in [0, 0.1) is 0 Å². The average molecular weight is 250 g/mol. The van der Waals surface area contributed by atoms with Gasteiger partial charge in [0, 0.05) is 6.54 Å². The van der Waals surface area contributed by atoms with Gasteiger partial charge in [0.05, 0.1) is 10.1 Å². The van der Waals surface area contributed by atoms with Gasteiger partial charge in [-0.2, -0.15) is 0 Å². The molecular weight excluding hydrogens is 230 g/mol. The van der Waals surface area contributed by atoms with Crippen LogP contribution in [-0.4, -0.2) is 28.3 Å². The summed E-state index contributed by atoms with van der Waals surface area (Å²) in [6.45, 7) is 4.73. The van der Waals surface area contributed by atoms with Gasteiger partial charge in [0.25, 0.3) is 0 Å². The molecule has 2 atom stereocenters. The SMILES string of the molecule is CCCC(Cl)CNC(=O)C1(C)CCCS1. The molecule has 0 spiro atoms. The Morgan fingerprint density at radius 2 is 2.40 bits per heavy atom. The van der Waals surface area contributed by atoms with E-state index in [2.05, 4.69) is 12.2 Å². The first-order valence-electron chi connectivity index (χ1n) is 5.65. The summed E-state index contributed by atoms with van der Waals surface area (Å²) in [4.78, 5) is 11.9. The number of amides is 1. The zero-order valence-electron chi connectivity index (χ0n) is 9.51. The quantitative estimate of drug-likeness (QED) is 0.760. The minimum absolute atomic E-state index is 0.0777. The number of alkyl halides is 1. The fraction of sp³-hybridized carbons (Fsp3) is 0.909. The van der Waals surface area contributed by atoms with Crippen molar-refractivity contribution in [2.45, 2.75) is 49.7 Å². The van der Waals surface area contributed by atoms with Crippen molar-refractivity contribution in [3.8, 4) is 0 Å². The molecule has 1 aliphatic heterocycles. The predicted molar refractivity (Wildman–Crippen MR) is 67.7 cm³/mol. The van der Waals surface area contributed by atoms with E-state index < -0.39 is 0 Å². The molecule has 1 heterocycles.